The number of benzene rings is 2. The SMILES string of the molecule is Cc1ccc(-c2csc(-n3nc(C)c(CC(=O)Nc4ccc(Br)cc4)c3C)n2)cc1. The molecule has 0 bridgehead atoms. The van der Waals surface area contributed by atoms with Crippen LogP contribution in [0.3, 0.4) is 0 Å². The number of halogens is 1. The molecule has 0 fully saturated rings. The summed E-state index contributed by atoms with van der Waals surface area (Å²) in [5, 5.41) is 10.4. The molecule has 152 valence electrons. The maximum Gasteiger partial charge on any atom is 0.228 e. The van der Waals surface area contributed by atoms with E-state index in [0.29, 0.717) is 0 Å². The summed E-state index contributed by atoms with van der Waals surface area (Å²) in [7, 11) is 0. The standard InChI is InChI=1S/C23H21BrN4OS/c1-14-4-6-17(7-5-14)21-13-30-23(26-21)28-16(3)20(15(2)27-28)12-22(29)25-19-10-8-18(24)9-11-19/h4-11,13H,12H2,1-3H3,(H,25,29). The average Bonchev–Trinajstić information content (AvgIpc) is 3.31. The molecule has 0 saturated carbocycles. The minimum atomic E-state index is -0.0671. The molecule has 5 nitrogen and oxygen atoms in total. The van der Waals surface area contributed by atoms with Crippen LogP contribution in [0, 0.1) is 20.8 Å². The second-order valence-electron chi connectivity index (χ2n) is 7.17. The minimum Gasteiger partial charge on any atom is -0.326 e. The number of nitrogens with one attached hydrogen (secondary N) is 1. The van der Waals surface area contributed by atoms with Gasteiger partial charge in [-0.3, -0.25) is 4.79 Å². The normalized spacial score (nSPS) is 10.9. The Kier molecular flexibility index (Phi) is 5.83. The fourth-order valence-corrected chi connectivity index (χ4v) is 4.33. The van der Waals surface area contributed by atoms with Crippen LogP contribution in [0.15, 0.2) is 58.4 Å². The van der Waals surface area contributed by atoms with Crippen molar-refractivity contribution < 1.29 is 4.79 Å². The van der Waals surface area contributed by atoms with Gasteiger partial charge in [0.2, 0.25) is 11.0 Å². The fourth-order valence-electron chi connectivity index (χ4n) is 3.23. The average molecular weight is 481 g/mol. The first-order valence-corrected chi connectivity index (χ1v) is 11.2. The van der Waals surface area contributed by atoms with Gasteiger partial charge in [0.1, 0.15) is 0 Å². The molecular weight excluding hydrogens is 460 g/mol. The van der Waals surface area contributed by atoms with Gasteiger partial charge in [-0.2, -0.15) is 5.10 Å². The summed E-state index contributed by atoms with van der Waals surface area (Å²) in [6.07, 6.45) is 0.268. The number of aromatic nitrogens is 3. The van der Waals surface area contributed by atoms with Crippen LogP contribution in [0.1, 0.15) is 22.5 Å². The lowest BCUT2D eigenvalue weighted by Gasteiger charge is -2.06. The molecule has 0 unspecified atom stereocenters. The first-order chi connectivity index (χ1) is 14.4. The molecule has 0 radical (unpaired) electrons. The molecule has 4 rings (SSSR count). The Morgan fingerprint density at radius 1 is 1.07 bits per heavy atom. The second kappa shape index (κ2) is 8.53. The van der Waals surface area contributed by atoms with Crippen molar-refractivity contribution >= 4 is 38.9 Å². The predicted molar refractivity (Wildman–Crippen MR) is 125 cm³/mol. The molecular formula is C23H21BrN4OS. The van der Waals surface area contributed by atoms with E-state index in [0.717, 1.165) is 43.5 Å². The molecule has 0 aliphatic rings. The lowest BCUT2D eigenvalue weighted by Crippen LogP contribution is -2.15. The van der Waals surface area contributed by atoms with Crippen LogP contribution in [0.5, 0.6) is 0 Å². The maximum absolute atomic E-state index is 12.6. The smallest absolute Gasteiger partial charge is 0.228 e. The van der Waals surface area contributed by atoms with Crippen molar-refractivity contribution in [2.75, 3.05) is 5.32 Å². The van der Waals surface area contributed by atoms with Crippen LogP contribution in [0.2, 0.25) is 0 Å². The van der Waals surface area contributed by atoms with Gasteiger partial charge in [0, 0.05) is 32.4 Å². The van der Waals surface area contributed by atoms with Crippen LogP contribution < -0.4 is 5.32 Å². The van der Waals surface area contributed by atoms with E-state index < -0.39 is 0 Å². The molecule has 0 atom stereocenters. The van der Waals surface area contributed by atoms with Crippen LogP contribution in [-0.4, -0.2) is 20.7 Å². The Hall–Kier alpha value is -2.77. The Morgan fingerprint density at radius 2 is 1.77 bits per heavy atom. The molecule has 0 saturated heterocycles. The maximum atomic E-state index is 12.6. The van der Waals surface area contributed by atoms with Crippen molar-refractivity contribution in [3.8, 4) is 16.4 Å². The Balaban J connectivity index is 1.54. The Labute approximate surface area is 187 Å². The molecule has 7 heteroatoms. The van der Waals surface area contributed by atoms with Gasteiger partial charge in [0.15, 0.2) is 0 Å². The van der Waals surface area contributed by atoms with E-state index in [1.165, 1.54) is 5.56 Å². The minimum absolute atomic E-state index is 0.0671. The van der Waals surface area contributed by atoms with E-state index in [1.807, 2.05) is 48.2 Å². The monoisotopic (exact) mass is 480 g/mol. The van der Waals surface area contributed by atoms with E-state index in [9.17, 15) is 4.79 Å². The quantitative estimate of drug-likeness (QED) is 0.388. The zero-order chi connectivity index (χ0) is 21.3. The van der Waals surface area contributed by atoms with E-state index in [2.05, 4.69) is 57.5 Å². The predicted octanol–water partition coefficient (Wildman–Crippen LogP) is 5.86. The lowest BCUT2D eigenvalue weighted by atomic mass is 10.1. The largest absolute Gasteiger partial charge is 0.326 e. The van der Waals surface area contributed by atoms with Crippen LogP contribution >= 0.6 is 27.3 Å². The number of hydrogen-bond acceptors (Lipinski definition) is 4. The number of thiazole rings is 1. The summed E-state index contributed by atoms with van der Waals surface area (Å²) >= 11 is 4.95. The van der Waals surface area contributed by atoms with Gasteiger partial charge in [-0.15, -0.1) is 11.3 Å². The molecule has 30 heavy (non-hydrogen) atoms. The number of carbonyl (C=O) groups excluding carboxylic acids is 1. The summed E-state index contributed by atoms with van der Waals surface area (Å²) in [6, 6.07) is 15.9. The number of carbonyl (C=O) groups is 1. The molecule has 4 aromatic rings. The van der Waals surface area contributed by atoms with Crippen LogP contribution in [0.4, 0.5) is 5.69 Å². The van der Waals surface area contributed by atoms with Gasteiger partial charge >= 0.3 is 0 Å². The number of hydrogen-bond donors (Lipinski definition) is 1. The molecule has 1 N–H and O–H groups in total. The van der Waals surface area contributed by atoms with Crippen LogP contribution in [0.25, 0.3) is 16.4 Å². The molecule has 2 aromatic heterocycles. The third-order valence-electron chi connectivity index (χ3n) is 4.93. The van der Waals surface area contributed by atoms with Gasteiger partial charge in [-0.05, 0) is 45.0 Å². The van der Waals surface area contributed by atoms with Gasteiger partial charge in [0.25, 0.3) is 0 Å². The molecule has 0 aliphatic heterocycles. The second-order valence-corrected chi connectivity index (χ2v) is 8.93. The number of rotatable bonds is 5. The van der Waals surface area contributed by atoms with Crippen molar-refractivity contribution in [2.24, 2.45) is 0 Å². The van der Waals surface area contributed by atoms with Gasteiger partial charge in [-0.1, -0.05) is 45.8 Å². The zero-order valence-electron chi connectivity index (χ0n) is 16.9. The third kappa shape index (κ3) is 4.37. The van der Waals surface area contributed by atoms with Crippen molar-refractivity contribution in [1.82, 2.24) is 14.8 Å². The molecule has 0 aliphatic carbocycles. The number of anilines is 1. The highest BCUT2D eigenvalue weighted by molar-refractivity contribution is 9.10. The molecule has 2 heterocycles. The van der Waals surface area contributed by atoms with E-state index in [4.69, 9.17) is 4.98 Å². The van der Waals surface area contributed by atoms with Crippen molar-refractivity contribution in [2.45, 2.75) is 27.2 Å². The van der Waals surface area contributed by atoms with E-state index in [1.54, 1.807) is 11.3 Å². The number of amides is 1. The number of nitrogens with zero attached hydrogens (tertiary/aromatic N) is 3. The Bertz CT molecular complexity index is 1190. The number of aryl methyl sites for hydroxylation is 2. The Morgan fingerprint density at radius 3 is 2.47 bits per heavy atom. The summed E-state index contributed by atoms with van der Waals surface area (Å²) in [4.78, 5) is 17.3. The van der Waals surface area contributed by atoms with Crippen molar-refractivity contribution in [1.29, 1.82) is 0 Å². The lowest BCUT2D eigenvalue weighted by molar-refractivity contribution is -0.115. The topological polar surface area (TPSA) is 59.8 Å². The van der Waals surface area contributed by atoms with Crippen LogP contribution in [-0.2, 0) is 11.2 Å². The zero-order valence-corrected chi connectivity index (χ0v) is 19.3. The third-order valence-corrected chi connectivity index (χ3v) is 6.27. The summed E-state index contributed by atoms with van der Waals surface area (Å²) < 4.78 is 2.81. The summed E-state index contributed by atoms with van der Waals surface area (Å²) in [5.74, 6) is -0.0671. The molecule has 2 aromatic carbocycles. The highest BCUT2D eigenvalue weighted by atomic mass is 79.9. The highest BCUT2D eigenvalue weighted by Crippen LogP contribution is 2.27. The van der Waals surface area contributed by atoms with Gasteiger partial charge < -0.3 is 5.32 Å². The fraction of sp³-hybridized carbons (Fsp3) is 0.174. The summed E-state index contributed by atoms with van der Waals surface area (Å²) in [5.41, 5.74) is 6.70. The summed E-state index contributed by atoms with van der Waals surface area (Å²) in [6.45, 7) is 5.98. The first kappa shape index (κ1) is 20.5. The first-order valence-electron chi connectivity index (χ1n) is 9.54. The van der Waals surface area contributed by atoms with Gasteiger partial charge in [0.05, 0.1) is 17.8 Å². The van der Waals surface area contributed by atoms with Crippen molar-refractivity contribution in [3.63, 3.8) is 0 Å². The molecule has 1 amide bonds. The molecule has 0 spiro atoms. The van der Waals surface area contributed by atoms with E-state index >= 15 is 0 Å². The van der Waals surface area contributed by atoms with Crippen molar-refractivity contribution in [3.05, 3.63) is 80.9 Å². The van der Waals surface area contributed by atoms with E-state index in [-0.39, 0.29) is 12.3 Å². The van der Waals surface area contributed by atoms with Gasteiger partial charge in [-0.25, -0.2) is 9.67 Å². The highest BCUT2D eigenvalue weighted by Gasteiger charge is 2.18.